The van der Waals surface area contributed by atoms with Crippen LogP contribution < -0.4 is 10.5 Å². The molecule has 0 saturated carbocycles. The topological polar surface area (TPSA) is 55.5 Å². The molecule has 84 valence electrons. The quantitative estimate of drug-likeness (QED) is 0.802. The summed E-state index contributed by atoms with van der Waals surface area (Å²) in [6.45, 7) is 3.36. The van der Waals surface area contributed by atoms with Crippen LogP contribution in [0.4, 0.5) is 4.39 Å². The molecule has 0 bridgehead atoms. The molecule has 1 rings (SSSR count). The summed E-state index contributed by atoms with van der Waals surface area (Å²) in [5, 5.41) is 9.81. The average Bonchev–Trinajstić information content (AvgIpc) is 2.15. The lowest BCUT2D eigenvalue weighted by Gasteiger charge is -2.26. The average molecular weight is 213 g/mol. The molecular weight excluding hydrogens is 197 g/mol. The van der Waals surface area contributed by atoms with Crippen molar-refractivity contribution in [3.05, 3.63) is 29.6 Å². The molecule has 0 heterocycles. The Labute approximate surface area is 88.7 Å². The highest BCUT2D eigenvalue weighted by Crippen LogP contribution is 2.26. The van der Waals surface area contributed by atoms with Gasteiger partial charge in [-0.3, -0.25) is 0 Å². The van der Waals surface area contributed by atoms with Gasteiger partial charge in [0.1, 0.15) is 0 Å². The molecule has 0 aliphatic heterocycles. The van der Waals surface area contributed by atoms with E-state index in [0.29, 0.717) is 5.56 Å². The summed E-state index contributed by atoms with van der Waals surface area (Å²) in [6.07, 6.45) is -0.905. The Morgan fingerprint density at radius 1 is 1.47 bits per heavy atom. The second-order valence-corrected chi connectivity index (χ2v) is 4.12. The number of aliphatic hydroxyl groups is 1. The first-order chi connectivity index (χ1) is 6.86. The molecule has 15 heavy (non-hydrogen) atoms. The lowest BCUT2D eigenvalue weighted by atomic mass is 9.92. The van der Waals surface area contributed by atoms with Crippen LogP contribution in [0.2, 0.25) is 0 Å². The fraction of sp³-hybridized carbons (Fsp3) is 0.455. The van der Waals surface area contributed by atoms with Crippen molar-refractivity contribution in [3.63, 3.8) is 0 Å². The van der Waals surface area contributed by atoms with Crippen LogP contribution in [-0.2, 0) is 0 Å². The molecule has 0 aromatic heterocycles. The Morgan fingerprint density at radius 2 is 2.07 bits per heavy atom. The predicted molar refractivity (Wildman–Crippen MR) is 56.2 cm³/mol. The summed E-state index contributed by atoms with van der Waals surface area (Å²) in [5.41, 5.74) is 5.37. The van der Waals surface area contributed by atoms with Crippen molar-refractivity contribution in [3.8, 4) is 5.75 Å². The molecule has 4 heteroatoms. The summed E-state index contributed by atoms with van der Waals surface area (Å²) < 4.78 is 18.1. The monoisotopic (exact) mass is 213 g/mol. The van der Waals surface area contributed by atoms with Crippen LogP contribution in [0.25, 0.3) is 0 Å². The van der Waals surface area contributed by atoms with Gasteiger partial charge >= 0.3 is 0 Å². The number of nitrogens with two attached hydrogens (primary N) is 1. The largest absolute Gasteiger partial charge is 0.494 e. The van der Waals surface area contributed by atoms with Crippen LogP contribution in [0.15, 0.2) is 18.2 Å². The zero-order valence-electron chi connectivity index (χ0n) is 9.12. The Kier molecular flexibility index (Phi) is 3.31. The number of rotatable bonds is 3. The Bertz CT molecular complexity index is 347. The van der Waals surface area contributed by atoms with E-state index >= 15 is 0 Å². The first-order valence-corrected chi connectivity index (χ1v) is 4.66. The molecule has 0 radical (unpaired) electrons. The molecule has 1 aromatic rings. The summed E-state index contributed by atoms with van der Waals surface area (Å²) in [5.74, 6) is -0.348. The third-order valence-electron chi connectivity index (χ3n) is 2.20. The van der Waals surface area contributed by atoms with Gasteiger partial charge in [-0.15, -0.1) is 0 Å². The van der Waals surface area contributed by atoms with Crippen molar-refractivity contribution >= 4 is 0 Å². The minimum atomic E-state index is -0.905. The van der Waals surface area contributed by atoms with Gasteiger partial charge in [-0.1, -0.05) is 6.07 Å². The number of methoxy groups -OCH3 is 1. The van der Waals surface area contributed by atoms with E-state index in [2.05, 4.69) is 0 Å². The fourth-order valence-corrected chi connectivity index (χ4v) is 1.28. The Hall–Kier alpha value is -1.13. The molecule has 0 spiro atoms. The summed E-state index contributed by atoms with van der Waals surface area (Å²) in [4.78, 5) is 0. The van der Waals surface area contributed by atoms with E-state index in [4.69, 9.17) is 10.5 Å². The lowest BCUT2D eigenvalue weighted by molar-refractivity contribution is 0.104. The standard InChI is InChI=1S/C11H16FNO2/c1-11(2,13)10(14)7-4-5-9(15-3)8(12)6-7/h4-6,10,14H,13H2,1-3H3. The molecule has 1 aromatic carbocycles. The van der Waals surface area contributed by atoms with E-state index in [9.17, 15) is 9.50 Å². The van der Waals surface area contributed by atoms with Crippen molar-refractivity contribution in [1.29, 1.82) is 0 Å². The number of halogens is 1. The fourth-order valence-electron chi connectivity index (χ4n) is 1.28. The number of hydrogen-bond donors (Lipinski definition) is 2. The summed E-state index contributed by atoms with van der Waals surface area (Å²) in [6, 6.07) is 4.30. The predicted octanol–water partition coefficient (Wildman–Crippen LogP) is 1.60. The minimum Gasteiger partial charge on any atom is -0.494 e. The summed E-state index contributed by atoms with van der Waals surface area (Å²) >= 11 is 0. The van der Waals surface area contributed by atoms with Crippen molar-refractivity contribution in [2.24, 2.45) is 5.73 Å². The van der Waals surface area contributed by atoms with Crippen molar-refractivity contribution < 1.29 is 14.2 Å². The van der Waals surface area contributed by atoms with Gasteiger partial charge in [0.05, 0.1) is 13.2 Å². The molecule has 0 aliphatic carbocycles. The van der Waals surface area contributed by atoms with Gasteiger partial charge in [0.25, 0.3) is 0 Å². The van der Waals surface area contributed by atoms with Crippen LogP contribution in [-0.4, -0.2) is 17.8 Å². The van der Waals surface area contributed by atoms with Gasteiger partial charge in [0.15, 0.2) is 11.6 Å². The Balaban J connectivity index is 3.02. The highest BCUT2D eigenvalue weighted by molar-refractivity contribution is 5.31. The van der Waals surface area contributed by atoms with Crippen LogP contribution in [0.5, 0.6) is 5.75 Å². The van der Waals surface area contributed by atoms with E-state index in [-0.39, 0.29) is 5.75 Å². The highest BCUT2D eigenvalue weighted by atomic mass is 19.1. The maximum absolute atomic E-state index is 13.3. The van der Waals surface area contributed by atoms with Gasteiger partial charge in [0, 0.05) is 5.54 Å². The van der Waals surface area contributed by atoms with Crippen LogP contribution >= 0.6 is 0 Å². The normalized spacial score (nSPS) is 13.7. The smallest absolute Gasteiger partial charge is 0.165 e. The van der Waals surface area contributed by atoms with Crippen LogP contribution in [0, 0.1) is 5.82 Å². The molecule has 0 aliphatic rings. The van der Waals surface area contributed by atoms with Gasteiger partial charge in [-0.2, -0.15) is 0 Å². The van der Waals surface area contributed by atoms with Crippen molar-refractivity contribution in [2.45, 2.75) is 25.5 Å². The Morgan fingerprint density at radius 3 is 2.47 bits per heavy atom. The number of aliphatic hydroxyl groups excluding tert-OH is 1. The zero-order valence-corrected chi connectivity index (χ0v) is 9.12. The molecule has 0 fully saturated rings. The number of hydrogen-bond acceptors (Lipinski definition) is 3. The van der Waals surface area contributed by atoms with Crippen molar-refractivity contribution in [2.75, 3.05) is 7.11 Å². The number of benzene rings is 1. The molecular formula is C11H16FNO2. The van der Waals surface area contributed by atoms with Crippen LogP contribution in [0.1, 0.15) is 25.5 Å². The van der Waals surface area contributed by atoms with Gasteiger partial charge in [0.2, 0.25) is 0 Å². The molecule has 3 N–H and O–H groups in total. The molecule has 1 atom stereocenters. The van der Waals surface area contributed by atoms with E-state index in [1.54, 1.807) is 19.9 Å². The van der Waals surface area contributed by atoms with E-state index < -0.39 is 17.5 Å². The third-order valence-corrected chi connectivity index (χ3v) is 2.20. The zero-order chi connectivity index (χ0) is 11.6. The maximum atomic E-state index is 13.3. The van der Waals surface area contributed by atoms with E-state index in [0.717, 1.165) is 0 Å². The highest BCUT2D eigenvalue weighted by Gasteiger charge is 2.25. The van der Waals surface area contributed by atoms with Gasteiger partial charge in [-0.05, 0) is 31.5 Å². The second-order valence-electron chi connectivity index (χ2n) is 4.12. The van der Waals surface area contributed by atoms with E-state index in [1.807, 2.05) is 0 Å². The molecule has 1 unspecified atom stereocenters. The van der Waals surface area contributed by atoms with Crippen LogP contribution in [0.3, 0.4) is 0 Å². The van der Waals surface area contributed by atoms with Gasteiger partial charge in [-0.25, -0.2) is 4.39 Å². The lowest BCUT2D eigenvalue weighted by Crippen LogP contribution is -2.39. The molecule has 3 nitrogen and oxygen atoms in total. The SMILES string of the molecule is COc1ccc(C(O)C(C)(C)N)cc1F. The second kappa shape index (κ2) is 4.16. The molecule has 0 amide bonds. The number of ether oxygens (including phenoxy) is 1. The van der Waals surface area contributed by atoms with E-state index in [1.165, 1.54) is 19.2 Å². The third kappa shape index (κ3) is 2.67. The molecule has 0 saturated heterocycles. The van der Waals surface area contributed by atoms with Crippen molar-refractivity contribution in [1.82, 2.24) is 0 Å². The van der Waals surface area contributed by atoms with Gasteiger partial charge < -0.3 is 15.6 Å². The maximum Gasteiger partial charge on any atom is 0.165 e. The first-order valence-electron chi connectivity index (χ1n) is 4.66. The minimum absolute atomic E-state index is 0.153. The summed E-state index contributed by atoms with van der Waals surface area (Å²) in [7, 11) is 1.39. The first kappa shape index (κ1) is 11.9.